The fourth-order valence-electron chi connectivity index (χ4n) is 3.42. The van der Waals surface area contributed by atoms with Crippen molar-refractivity contribution < 1.29 is 35.8 Å². The first-order chi connectivity index (χ1) is 14.7. The summed E-state index contributed by atoms with van der Waals surface area (Å²) in [7, 11) is 0. The van der Waals surface area contributed by atoms with E-state index in [0.717, 1.165) is 49.1 Å². The van der Waals surface area contributed by atoms with Gasteiger partial charge in [0.1, 0.15) is 12.4 Å². The topological polar surface area (TPSA) is 55.5 Å². The minimum absolute atomic E-state index is 0. The average molecular weight is 484 g/mol. The highest BCUT2D eigenvalue weighted by atomic mass is 79.9. The third-order valence-electron chi connectivity index (χ3n) is 5.08. The number of carbonyl (C=O) groups is 1. The Balaban J connectivity index is 0.00000272. The fourth-order valence-corrected chi connectivity index (χ4v) is 3.42. The van der Waals surface area contributed by atoms with Crippen LogP contribution in [0.1, 0.15) is 21.7 Å². The van der Waals surface area contributed by atoms with E-state index in [1.54, 1.807) is 0 Å². The van der Waals surface area contributed by atoms with E-state index in [2.05, 4.69) is 9.88 Å². The molecule has 162 valence electrons. The highest BCUT2D eigenvalue weighted by Gasteiger charge is 2.15. The van der Waals surface area contributed by atoms with Gasteiger partial charge in [-0.15, -0.1) is 0 Å². The van der Waals surface area contributed by atoms with Crippen LogP contribution in [0.5, 0.6) is 5.75 Å². The molecule has 1 aliphatic heterocycles. The summed E-state index contributed by atoms with van der Waals surface area (Å²) in [4.78, 5) is 19.3. The molecule has 0 bridgehead atoms. The van der Waals surface area contributed by atoms with Crippen LogP contribution >= 0.6 is 0 Å². The average Bonchev–Trinajstić information content (AvgIpc) is 2.79. The first-order valence-electron chi connectivity index (χ1n) is 10.2. The molecule has 0 radical (unpaired) electrons. The molecule has 0 unspecified atom stereocenters. The summed E-state index contributed by atoms with van der Waals surface area (Å²) in [5.41, 5.74) is 3.71. The Hall–Kier alpha value is -2.77. The third kappa shape index (κ3) is 6.35. The molecular formula is C24H26BrN3O3. The third-order valence-corrected chi connectivity index (χ3v) is 5.08. The number of hydrogen-bond acceptors (Lipinski definition) is 5. The van der Waals surface area contributed by atoms with Crippen molar-refractivity contribution in [2.24, 2.45) is 0 Å². The molecule has 4 rings (SSSR count). The van der Waals surface area contributed by atoms with Gasteiger partial charge in [-0.3, -0.25) is 9.78 Å². The van der Waals surface area contributed by atoms with Crippen LogP contribution in [0.4, 0.5) is 5.69 Å². The number of aromatic nitrogens is 2. The number of nitrogens with zero attached hydrogens (tertiary/aromatic N) is 3. The highest BCUT2D eigenvalue weighted by molar-refractivity contribution is 5.95. The first-order valence-corrected chi connectivity index (χ1v) is 10.2. The summed E-state index contributed by atoms with van der Waals surface area (Å²) < 4.78 is 13.0. The number of hydrogen-bond donors (Lipinski definition) is 0. The number of benzene rings is 1. The van der Waals surface area contributed by atoms with Crippen LogP contribution in [-0.4, -0.2) is 37.1 Å². The summed E-state index contributed by atoms with van der Waals surface area (Å²) in [6, 6.07) is 17.4. The van der Waals surface area contributed by atoms with Crippen LogP contribution in [0.2, 0.25) is 0 Å². The molecule has 1 fully saturated rings. The smallest absolute Gasteiger partial charge is 0.227 e. The van der Waals surface area contributed by atoms with E-state index in [4.69, 9.17) is 9.47 Å². The summed E-state index contributed by atoms with van der Waals surface area (Å²) in [6.45, 7) is 5.94. The SMILES string of the molecule is Cc1cccc(COc2cc[n+](CC(=O)c3ccc(N4CCOCC4)cc3)cc2)n1.[Br-]. The van der Waals surface area contributed by atoms with Gasteiger partial charge in [-0.05, 0) is 43.3 Å². The summed E-state index contributed by atoms with van der Waals surface area (Å²) in [5, 5.41) is 0. The van der Waals surface area contributed by atoms with Crippen LogP contribution in [0, 0.1) is 6.92 Å². The number of aryl methyl sites for hydroxylation is 1. The second kappa shape index (κ2) is 11.0. The van der Waals surface area contributed by atoms with Crippen molar-refractivity contribution in [2.75, 3.05) is 31.2 Å². The number of ketones is 1. The zero-order valence-corrected chi connectivity index (χ0v) is 19.1. The Morgan fingerprint density at radius 2 is 1.77 bits per heavy atom. The van der Waals surface area contributed by atoms with Gasteiger partial charge in [-0.2, -0.15) is 4.57 Å². The zero-order chi connectivity index (χ0) is 20.8. The molecule has 0 N–H and O–H groups in total. The van der Waals surface area contributed by atoms with Crippen LogP contribution < -0.4 is 31.2 Å². The predicted molar refractivity (Wildman–Crippen MR) is 114 cm³/mol. The van der Waals surface area contributed by atoms with Crippen molar-refractivity contribution in [1.29, 1.82) is 0 Å². The number of rotatable bonds is 7. The molecule has 0 aliphatic carbocycles. The molecule has 6 nitrogen and oxygen atoms in total. The summed E-state index contributed by atoms with van der Waals surface area (Å²) in [5.74, 6) is 0.822. The monoisotopic (exact) mass is 483 g/mol. The van der Waals surface area contributed by atoms with Gasteiger partial charge in [0.15, 0.2) is 12.4 Å². The standard InChI is InChI=1S/C24H26N3O3.BrH/c1-19-3-2-4-21(25-19)18-30-23-9-11-26(12-10-23)17-24(28)20-5-7-22(8-6-20)27-13-15-29-16-14-27;/h2-12H,13-18H2,1H3;1H/q+1;/p-1. The molecule has 0 atom stereocenters. The molecule has 1 aromatic carbocycles. The second-order valence-electron chi connectivity index (χ2n) is 7.33. The first kappa shape index (κ1) is 22.9. The van der Waals surface area contributed by atoms with Crippen molar-refractivity contribution in [1.82, 2.24) is 4.98 Å². The van der Waals surface area contributed by atoms with Gasteiger partial charge in [-0.25, -0.2) is 0 Å². The van der Waals surface area contributed by atoms with E-state index in [-0.39, 0.29) is 29.3 Å². The summed E-state index contributed by atoms with van der Waals surface area (Å²) in [6.07, 6.45) is 3.72. The quantitative estimate of drug-likeness (QED) is 0.349. The molecule has 3 heterocycles. The normalized spacial score (nSPS) is 13.4. The van der Waals surface area contributed by atoms with Crippen molar-refractivity contribution in [3.8, 4) is 5.75 Å². The van der Waals surface area contributed by atoms with Crippen molar-refractivity contribution in [2.45, 2.75) is 20.1 Å². The van der Waals surface area contributed by atoms with Gasteiger partial charge >= 0.3 is 0 Å². The number of ether oxygens (including phenoxy) is 2. The number of morpholine rings is 1. The molecule has 0 amide bonds. The molecule has 2 aromatic heterocycles. The van der Waals surface area contributed by atoms with Gasteiger partial charge in [0.2, 0.25) is 12.3 Å². The van der Waals surface area contributed by atoms with Crippen LogP contribution in [0.15, 0.2) is 67.0 Å². The molecular weight excluding hydrogens is 458 g/mol. The number of pyridine rings is 2. The molecule has 0 saturated carbocycles. The van der Waals surface area contributed by atoms with E-state index >= 15 is 0 Å². The van der Waals surface area contributed by atoms with Gasteiger partial charge in [-0.1, -0.05) is 6.07 Å². The lowest BCUT2D eigenvalue weighted by Gasteiger charge is -2.28. The molecule has 1 aliphatic rings. The highest BCUT2D eigenvalue weighted by Crippen LogP contribution is 2.17. The van der Waals surface area contributed by atoms with E-state index in [1.807, 2.05) is 78.5 Å². The van der Waals surface area contributed by atoms with Gasteiger partial charge < -0.3 is 31.4 Å². The maximum atomic E-state index is 12.6. The number of halogens is 1. The maximum absolute atomic E-state index is 12.6. The lowest BCUT2D eigenvalue weighted by atomic mass is 10.1. The Bertz CT molecular complexity index is 988. The Morgan fingerprint density at radius 1 is 1.06 bits per heavy atom. The Kier molecular flexibility index (Phi) is 8.14. The number of anilines is 1. The minimum Gasteiger partial charge on any atom is -1.00 e. The molecule has 3 aromatic rings. The lowest BCUT2D eigenvalue weighted by molar-refractivity contribution is -0.683. The molecule has 31 heavy (non-hydrogen) atoms. The van der Waals surface area contributed by atoms with Crippen molar-refractivity contribution >= 4 is 11.5 Å². The molecule has 1 saturated heterocycles. The lowest BCUT2D eigenvalue weighted by Crippen LogP contribution is -3.00. The largest absolute Gasteiger partial charge is 1.00 e. The van der Waals surface area contributed by atoms with Crippen molar-refractivity contribution in [3.63, 3.8) is 0 Å². The molecule has 7 heteroatoms. The van der Waals surface area contributed by atoms with E-state index in [0.29, 0.717) is 12.2 Å². The second-order valence-corrected chi connectivity index (χ2v) is 7.33. The van der Waals surface area contributed by atoms with Crippen LogP contribution in [0.25, 0.3) is 0 Å². The van der Waals surface area contributed by atoms with Gasteiger partial charge in [0.05, 0.1) is 18.9 Å². The number of carbonyl (C=O) groups excluding carboxylic acids is 1. The van der Waals surface area contributed by atoms with E-state index in [1.165, 1.54) is 0 Å². The Labute approximate surface area is 193 Å². The van der Waals surface area contributed by atoms with Gasteiger partial charge in [0.25, 0.3) is 0 Å². The summed E-state index contributed by atoms with van der Waals surface area (Å²) >= 11 is 0. The van der Waals surface area contributed by atoms with E-state index < -0.39 is 0 Å². The number of Topliss-reactive ketones (excluding diaryl/α,β-unsaturated/α-hetero) is 1. The van der Waals surface area contributed by atoms with E-state index in [9.17, 15) is 4.79 Å². The zero-order valence-electron chi connectivity index (χ0n) is 17.5. The maximum Gasteiger partial charge on any atom is 0.227 e. The predicted octanol–water partition coefficient (Wildman–Crippen LogP) is -0.0200. The molecule has 0 spiro atoms. The minimum atomic E-state index is 0. The fraction of sp³-hybridized carbons (Fsp3) is 0.292. The van der Waals surface area contributed by atoms with Crippen molar-refractivity contribution in [3.05, 3.63) is 83.9 Å². The Morgan fingerprint density at radius 3 is 2.45 bits per heavy atom. The van der Waals surface area contributed by atoms with Crippen LogP contribution in [0.3, 0.4) is 0 Å². The van der Waals surface area contributed by atoms with Gasteiger partial charge in [0, 0.05) is 42.2 Å². The van der Waals surface area contributed by atoms with Crippen LogP contribution in [-0.2, 0) is 17.9 Å².